The minimum Gasteiger partial charge on any atom is -0.489 e. The number of nitrogens with zero attached hydrogens (tertiary/aromatic N) is 1. The standard InChI is InChI=1S/C23H17ClN2O2S/c24-18-8-10-19(11-9-18)26-22(27)21(25-23(26)29)14-16-6-12-20(13-7-16)28-15-17-4-2-1-3-5-17/h1-14H,15H2,(H,25,29). The predicted octanol–water partition coefficient (Wildman–Crippen LogP) is 5.18. The van der Waals surface area contributed by atoms with Gasteiger partial charge in [-0.15, -0.1) is 0 Å². The molecule has 1 heterocycles. The Morgan fingerprint density at radius 3 is 2.34 bits per heavy atom. The van der Waals surface area contributed by atoms with Crippen LogP contribution < -0.4 is 15.0 Å². The number of carbonyl (C=O) groups excluding carboxylic acids is 1. The number of nitrogens with one attached hydrogen (secondary N) is 1. The third kappa shape index (κ3) is 4.47. The van der Waals surface area contributed by atoms with Gasteiger partial charge in [0, 0.05) is 5.02 Å². The number of amides is 1. The van der Waals surface area contributed by atoms with E-state index in [0.29, 0.717) is 28.1 Å². The summed E-state index contributed by atoms with van der Waals surface area (Å²) in [4.78, 5) is 14.2. The molecular weight excluding hydrogens is 404 g/mol. The van der Waals surface area contributed by atoms with E-state index in [9.17, 15) is 4.79 Å². The quantitative estimate of drug-likeness (QED) is 0.456. The normalized spacial score (nSPS) is 14.9. The second kappa shape index (κ2) is 8.47. The molecule has 0 unspecified atom stereocenters. The number of hydrogen-bond acceptors (Lipinski definition) is 3. The zero-order valence-corrected chi connectivity index (χ0v) is 16.9. The van der Waals surface area contributed by atoms with Crippen LogP contribution in [0.1, 0.15) is 11.1 Å². The van der Waals surface area contributed by atoms with Gasteiger partial charge in [-0.1, -0.05) is 54.1 Å². The molecule has 0 saturated carbocycles. The molecule has 0 bridgehead atoms. The number of carbonyl (C=O) groups is 1. The minimum absolute atomic E-state index is 0.207. The van der Waals surface area contributed by atoms with Crippen molar-refractivity contribution in [2.24, 2.45) is 0 Å². The number of hydrogen-bond donors (Lipinski definition) is 1. The summed E-state index contributed by atoms with van der Waals surface area (Å²) in [7, 11) is 0. The molecular formula is C23H17ClN2O2S. The van der Waals surface area contributed by atoms with Gasteiger partial charge in [0.1, 0.15) is 18.1 Å². The van der Waals surface area contributed by atoms with E-state index in [1.807, 2.05) is 54.6 Å². The SMILES string of the molecule is O=C1C(=Cc2ccc(OCc3ccccc3)cc2)NC(=S)N1c1ccc(Cl)cc1. The van der Waals surface area contributed by atoms with Gasteiger partial charge < -0.3 is 10.1 Å². The number of anilines is 1. The third-order valence-corrected chi connectivity index (χ3v) is 4.94. The van der Waals surface area contributed by atoms with Gasteiger partial charge in [-0.3, -0.25) is 9.69 Å². The Bertz CT molecular complexity index is 1060. The Morgan fingerprint density at radius 1 is 0.966 bits per heavy atom. The van der Waals surface area contributed by atoms with E-state index in [0.717, 1.165) is 16.9 Å². The molecule has 0 aromatic heterocycles. The molecule has 29 heavy (non-hydrogen) atoms. The lowest BCUT2D eigenvalue weighted by Crippen LogP contribution is -2.30. The summed E-state index contributed by atoms with van der Waals surface area (Å²) >= 11 is 11.3. The van der Waals surface area contributed by atoms with Crippen LogP contribution in [0.3, 0.4) is 0 Å². The van der Waals surface area contributed by atoms with Crippen LogP contribution in [0.15, 0.2) is 84.6 Å². The van der Waals surface area contributed by atoms with Gasteiger partial charge in [-0.25, -0.2) is 0 Å². The maximum atomic E-state index is 12.8. The highest BCUT2D eigenvalue weighted by molar-refractivity contribution is 7.80. The summed E-state index contributed by atoms with van der Waals surface area (Å²) in [6, 6.07) is 24.5. The van der Waals surface area contributed by atoms with Crippen LogP contribution in [-0.2, 0) is 11.4 Å². The topological polar surface area (TPSA) is 41.6 Å². The molecule has 1 saturated heterocycles. The first-order valence-electron chi connectivity index (χ1n) is 9.00. The van der Waals surface area contributed by atoms with Crippen molar-refractivity contribution >= 4 is 46.6 Å². The molecule has 4 rings (SSSR count). The molecule has 1 amide bonds. The molecule has 1 N–H and O–H groups in total. The van der Waals surface area contributed by atoms with Gasteiger partial charge in [0.2, 0.25) is 0 Å². The maximum Gasteiger partial charge on any atom is 0.281 e. The maximum absolute atomic E-state index is 12.8. The highest BCUT2D eigenvalue weighted by Crippen LogP contribution is 2.24. The molecule has 0 spiro atoms. The fourth-order valence-electron chi connectivity index (χ4n) is 2.93. The Morgan fingerprint density at radius 2 is 1.66 bits per heavy atom. The average molecular weight is 421 g/mol. The first kappa shape index (κ1) is 19.2. The molecule has 1 fully saturated rings. The van der Waals surface area contributed by atoms with Crippen molar-refractivity contribution in [3.05, 3.63) is 101 Å². The van der Waals surface area contributed by atoms with Crippen molar-refractivity contribution in [2.45, 2.75) is 6.61 Å². The fourth-order valence-corrected chi connectivity index (χ4v) is 3.35. The highest BCUT2D eigenvalue weighted by atomic mass is 35.5. The van der Waals surface area contributed by atoms with Crippen molar-refractivity contribution in [3.63, 3.8) is 0 Å². The molecule has 6 heteroatoms. The van der Waals surface area contributed by atoms with E-state index in [4.69, 9.17) is 28.6 Å². The summed E-state index contributed by atoms with van der Waals surface area (Å²) in [5.74, 6) is 0.557. The molecule has 3 aromatic carbocycles. The summed E-state index contributed by atoms with van der Waals surface area (Å²) in [5, 5.41) is 3.92. The molecule has 0 aliphatic carbocycles. The second-order valence-electron chi connectivity index (χ2n) is 6.45. The van der Waals surface area contributed by atoms with E-state index < -0.39 is 0 Å². The van der Waals surface area contributed by atoms with E-state index in [1.54, 1.807) is 30.3 Å². The molecule has 1 aliphatic heterocycles. The number of benzene rings is 3. The smallest absolute Gasteiger partial charge is 0.281 e. The Kier molecular flexibility index (Phi) is 5.60. The van der Waals surface area contributed by atoms with Gasteiger partial charge in [0.25, 0.3) is 5.91 Å². The average Bonchev–Trinajstić information content (AvgIpc) is 3.02. The first-order chi connectivity index (χ1) is 14.1. The zero-order chi connectivity index (χ0) is 20.2. The highest BCUT2D eigenvalue weighted by Gasteiger charge is 2.31. The molecule has 3 aromatic rings. The number of halogens is 1. The number of thiocarbonyl (C=S) groups is 1. The van der Waals surface area contributed by atoms with Crippen LogP contribution in [-0.4, -0.2) is 11.0 Å². The molecule has 144 valence electrons. The lowest BCUT2D eigenvalue weighted by Gasteiger charge is -2.13. The first-order valence-corrected chi connectivity index (χ1v) is 9.78. The fraction of sp³-hybridized carbons (Fsp3) is 0.0435. The zero-order valence-electron chi connectivity index (χ0n) is 15.3. The summed E-state index contributed by atoms with van der Waals surface area (Å²) in [5.41, 5.74) is 3.07. The third-order valence-electron chi connectivity index (χ3n) is 4.40. The van der Waals surface area contributed by atoms with E-state index >= 15 is 0 Å². The van der Waals surface area contributed by atoms with Crippen molar-refractivity contribution < 1.29 is 9.53 Å². The lowest BCUT2D eigenvalue weighted by molar-refractivity contribution is -0.113. The van der Waals surface area contributed by atoms with Gasteiger partial charge in [0.15, 0.2) is 5.11 Å². The molecule has 1 aliphatic rings. The van der Waals surface area contributed by atoms with E-state index in [-0.39, 0.29) is 5.91 Å². The van der Waals surface area contributed by atoms with Crippen LogP contribution in [0.4, 0.5) is 5.69 Å². The molecule has 4 nitrogen and oxygen atoms in total. The number of rotatable bonds is 5. The van der Waals surface area contributed by atoms with Gasteiger partial charge >= 0.3 is 0 Å². The molecule has 0 atom stereocenters. The second-order valence-corrected chi connectivity index (χ2v) is 7.27. The van der Waals surface area contributed by atoms with Crippen LogP contribution >= 0.6 is 23.8 Å². The predicted molar refractivity (Wildman–Crippen MR) is 120 cm³/mol. The lowest BCUT2D eigenvalue weighted by atomic mass is 10.2. The van der Waals surface area contributed by atoms with Gasteiger partial charge in [-0.2, -0.15) is 0 Å². The van der Waals surface area contributed by atoms with E-state index in [1.165, 1.54) is 4.90 Å². The van der Waals surface area contributed by atoms with Gasteiger partial charge in [-0.05, 0) is 65.8 Å². The summed E-state index contributed by atoms with van der Waals surface area (Å²) < 4.78 is 5.80. The van der Waals surface area contributed by atoms with Crippen LogP contribution in [0.25, 0.3) is 6.08 Å². The Hall–Kier alpha value is -3.15. The van der Waals surface area contributed by atoms with Gasteiger partial charge in [0.05, 0.1) is 5.69 Å². The van der Waals surface area contributed by atoms with Crippen LogP contribution in [0.5, 0.6) is 5.75 Å². The van der Waals surface area contributed by atoms with Crippen molar-refractivity contribution in [2.75, 3.05) is 4.90 Å². The monoisotopic (exact) mass is 420 g/mol. The Balaban J connectivity index is 1.45. The van der Waals surface area contributed by atoms with Crippen molar-refractivity contribution in [1.82, 2.24) is 5.32 Å². The minimum atomic E-state index is -0.207. The number of ether oxygens (including phenoxy) is 1. The van der Waals surface area contributed by atoms with Crippen molar-refractivity contribution in [1.29, 1.82) is 0 Å². The van der Waals surface area contributed by atoms with Crippen LogP contribution in [0, 0.1) is 0 Å². The summed E-state index contributed by atoms with van der Waals surface area (Å²) in [6.07, 6.45) is 1.77. The molecule has 0 radical (unpaired) electrons. The van der Waals surface area contributed by atoms with Crippen LogP contribution in [0.2, 0.25) is 5.02 Å². The van der Waals surface area contributed by atoms with E-state index in [2.05, 4.69) is 5.32 Å². The Labute approximate surface area is 179 Å². The largest absolute Gasteiger partial charge is 0.489 e. The summed E-state index contributed by atoms with van der Waals surface area (Å²) in [6.45, 7) is 0.506. The van der Waals surface area contributed by atoms with Crippen molar-refractivity contribution in [3.8, 4) is 5.75 Å².